The Balaban J connectivity index is 2.23. The molecule has 1 unspecified atom stereocenters. The third-order valence-corrected chi connectivity index (χ3v) is 2.67. The molecule has 1 aliphatic rings. The van der Waals surface area contributed by atoms with Gasteiger partial charge in [-0.15, -0.1) is 0 Å². The number of likely N-dealkylation sites (N-methyl/N-ethyl adjacent to an activating group) is 1. The van der Waals surface area contributed by atoms with Gasteiger partial charge < -0.3 is 14.7 Å². The Kier molecular flexibility index (Phi) is 4.35. The van der Waals surface area contributed by atoms with Crippen LogP contribution >= 0.6 is 0 Å². The lowest BCUT2D eigenvalue weighted by molar-refractivity contribution is 0.0566. The van der Waals surface area contributed by atoms with Crippen molar-refractivity contribution in [3.63, 3.8) is 0 Å². The van der Waals surface area contributed by atoms with Crippen LogP contribution < -0.4 is 0 Å². The van der Waals surface area contributed by atoms with Gasteiger partial charge in [-0.3, -0.25) is 0 Å². The highest BCUT2D eigenvalue weighted by atomic mass is 16.5. The normalized spacial score (nSPS) is 23.4. The maximum absolute atomic E-state index is 9.15. The van der Waals surface area contributed by atoms with Gasteiger partial charge in [-0.2, -0.15) is 0 Å². The summed E-state index contributed by atoms with van der Waals surface area (Å²) in [6.45, 7) is 7.23. The third-order valence-electron chi connectivity index (χ3n) is 2.67. The molecule has 3 heteroatoms. The Hall–Kier alpha value is -0.120. The first-order valence-corrected chi connectivity index (χ1v) is 5.44. The van der Waals surface area contributed by atoms with Crippen molar-refractivity contribution in [3.8, 4) is 0 Å². The lowest BCUT2D eigenvalue weighted by atomic mass is 9.94. The molecule has 3 nitrogen and oxygen atoms in total. The minimum atomic E-state index is -0.00659. The fraction of sp³-hybridized carbons (Fsp3) is 1.00. The first-order chi connectivity index (χ1) is 6.53. The van der Waals surface area contributed by atoms with E-state index in [1.807, 2.05) is 0 Å². The summed E-state index contributed by atoms with van der Waals surface area (Å²) in [7, 11) is 2.10. The van der Waals surface area contributed by atoms with Crippen LogP contribution in [0.2, 0.25) is 0 Å². The molecule has 0 aromatic rings. The van der Waals surface area contributed by atoms with Crippen molar-refractivity contribution in [2.75, 3.05) is 33.4 Å². The van der Waals surface area contributed by atoms with Gasteiger partial charge >= 0.3 is 0 Å². The molecule has 0 aliphatic carbocycles. The van der Waals surface area contributed by atoms with Crippen LogP contribution in [0.15, 0.2) is 0 Å². The number of ether oxygens (including phenoxy) is 1. The summed E-state index contributed by atoms with van der Waals surface area (Å²) in [5, 5.41) is 9.15. The van der Waals surface area contributed by atoms with E-state index in [1.54, 1.807) is 0 Å². The van der Waals surface area contributed by atoms with E-state index >= 15 is 0 Å². The summed E-state index contributed by atoms with van der Waals surface area (Å²) in [6.07, 6.45) is 2.79. The minimum absolute atomic E-state index is 0.00659. The summed E-state index contributed by atoms with van der Waals surface area (Å²) in [5.74, 6) is 0. The van der Waals surface area contributed by atoms with Crippen LogP contribution in [0.1, 0.15) is 26.7 Å². The predicted molar refractivity (Wildman–Crippen MR) is 57.3 cm³/mol. The summed E-state index contributed by atoms with van der Waals surface area (Å²) < 4.78 is 5.57. The van der Waals surface area contributed by atoms with E-state index in [0.717, 1.165) is 19.7 Å². The highest BCUT2D eigenvalue weighted by Gasteiger charge is 2.22. The Morgan fingerprint density at radius 1 is 1.50 bits per heavy atom. The molecule has 0 aromatic carbocycles. The molecular weight excluding hydrogens is 178 g/mol. The van der Waals surface area contributed by atoms with Gasteiger partial charge in [0.2, 0.25) is 0 Å². The minimum Gasteiger partial charge on any atom is -0.396 e. The highest BCUT2D eigenvalue weighted by molar-refractivity contribution is 4.74. The van der Waals surface area contributed by atoms with Crippen molar-refractivity contribution < 1.29 is 9.84 Å². The van der Waals surface area contributed by atoms with Crippen LogP contribution in [-0.2, 0) is 4.74 Å². The van der Waals surface area contributed by atoms with E-state index in [0.29, 0.717) is 6.10 Å². The molecule has 1 rings (SSSR count). The van der Waals surface area contributed by atoms with Crippen LogP contribution in [0.5, 0.6) is 0 Å². The van der Waals surface area contributed by atoms with Gasteiger partial charge in [0.05, 0.1) is 6.10 Å². The molecule has 0 saturated carbocycles. The lowest BCUT2D eigenvalue weighted by Crippen LogP contribution is -2.37. The zero-order valence-electron chi connectivity index (χ0n) is 9.62. The molecule has 1 aliphatic heterocycles. The summed E-state index contributed by atoms with van der Waals surface area (Å²) in [5.41, 5.74) is -0.00659. The topological polar surface area (TPSA) is 32.7 Å². The quantitative estimate of drug-likeness (QED) is 0.723. The van der Waals surface area contributed by atoms with Crippen LogP contribution in [0, 0.1) is 5.41 Å². The van der Waals surface area contributed by atoms with E-state index in [4.69, 9.17) is 9.84 Å². The fourth-order valence-electron chi connectivity index (χ4n) is 1.98. The van der Waals surface area contributed by atoms with Crippen LogP contribution in [0.4, 0.5) is 0 Å². The average Bonchev–Trinajstić information content (AvgIpc) is 2.55. The second-order valence-electron chi connectivity index (χ2n) is 5.15. The molecule has 1 fully saturated rings. The van der Waals surface area contributed by atoms with Crippen molar-refractivity contribution in [2.24, 2.45) is 5.41 Å². The molecule has 0 spiro atoms. The van der Waals surface area contributed by atoms with Crippen LogP contribution in [0.25, 0.3) is 0 Å². The molecule has 84 valence electrons. The summed E-state index contributed by atoms with van der Waals surface area (Å²) in [4.78, 5) is 2.26. The molecule has 1 heterocycles. The summed E-state index contributed by atoms with van der Waals surface area (Å²) in [6, 6.07) is 0. The molecule has 1 N–H and O–H groups in total. The van der Waals surface area contributed by atoms with Crippen molar-refractivity contribution in [2.45, 2.75) is 32.8 Å². The van der Waals surface area contributed by atoms with Crippen molar-refractivity contribution in [3.05, 3.63) is 0 Å². The van der Waals surface area contributed by atoms with E-state index < -0.39 is 0 Å². The fourth-order valence-corrected chi connectivity index (χ4v) is 1.98. The molecule has 0 bridgehead atoms. The smallest absolute Gasteiger partial charge is 0.0702 e. The number of nitrogens with zero attached hydrogens (tertiary/aromatic N) is 1. The number of aliphatic hydroxyl groups excluding tert-OH is 1. The Bertz CT molecular complexity index is 165. The molecular formula is C11H23NO2. The Morgan fingerprint density at radius 2 is 2.21 bits per heavy atom. The number of aliphatic hydroxyl groups is 1. The molecule has 0 amide bonds. The Labute approximate surface area is 87.1 Å². The molecule has 0 aromatic heterocycles. The maximum atomic E-state index is 9.15. The second kappa shape index (κ2) is 5.10. The van der Waals surface area contributed by atoms with E-state index in [2.05, 4.69) is 25.8 Å². The molecule has 14 heavy (non-hydrogen) atoms. The van der Waals surface area contributed by atoms with Gasteiger partial charge in [-0.05, 0) is 19.9 Å². The number of rotatable bonds is 5. The van der Waals surface area contributed by atoms with Gasteiger partial charge in [0.15, 0.2) is 0 Å². The van der Waals surface area contributed by atoms with E-state index in [-0.39, 0.29) is 12.0 Å². The first-order valence-electron chi connectivity index (χ1n) is 5.44. The number of hydrogen-bond donors (Lipinski definition) is 1. The van der Waals surface area contributed by atoms with Crippen molar-refractivity contribution >= 4 is 0 Å². The largest absolute Gasteiger partial charge is 0.396 e. The van der Waals surface area contributed by atoms with Gasteiger partial charge in [-0.25, -0.2) is 0 Å². The SMILES string of the molecule is CN(CC1CCCO1)CC(C)(C)CO. The number of hydrogen-bond acceptors (Lipinski definition) is 3. The first kappa shape index (κ1) is 12.0. The average molecular weight is 201 g/mol. The van der Waals surface area contributed by atoms with E-state index in [1.165, 1.54) is 12.8 Å². The standard InChI is InChI=1S/C11H23NO2/c1-11(2,9-13)8-12(3)7-10-5-4-6-14-10/h10,13H,4-9H2,1-3H3. The van der Waals surface area contributed by atoms with Gasteiger partial charge in [0, 0.05) is 31.7 Å². The lowest BCUT2D eigenvalue weighted by Gasteiger charge is -2.29. The van der Waals surface area contributed by atoms with Crippen molar-refractivity contribution in [1.82, 2.24) is 4.90 Å². The third kappa shape index (κ3) is 3.95. The van der Waals surface area contributed by atoms with Crippen molar-refractivity contribution in [1.29, 1.82) is 0 Å². The molecule has 0 radical (unpaired) electrons. The molecule has 1 saturated heterocycles. The second-order valence-corrected chi connectivity index (χ2v) is 5.15. The van der Waals surface area contributed by atoms with Gasteiger partial charge in [-0.1, -0.05) is 13.8 Å². The predicted octanol–water partition coefficient (Wildman–Crippen LogP) is 1.12. The van der Waals surface area contributed by atoms with Crippen LogP contribution in [0.3, 0.4) is 0 Å². The Morgan fingerprint density at radius 3 is 2.71 bits per heavy atom. The van der Waals surface area contributed by atoms with Crippen LogP contribution in [-0.4, -0.2) is 49.5 Å². The highest BCUT2D eigenvalue weighted by Crippen LogP contribution is 2.17. The van der Waals surface area contributed by atoms with E-state index in [9.17, 15) is 0 Å². The zero-order valence-corrected chi connectivity index (χ0v) is 9.62. The zero-order chi connectivity index (χ0) is 10.6. The van der Waals surface area contributed by atoms with Gasteiger partial charge in [0.25, 0.3) is 0 Å². The molecule has 1 atom stereocenters. The monoisotopic (exact) mass is 201 g/mol. The van der Waals surface area contributed by atoms with Gasteiger partial charge in [0.1, 0.15) is 0 Å². The maximum Gasteiger partial charge on any atom is 0.0702 e. The summed E-state index contributed by atoms with van der Waals surface area (Å²) >= 11 is 0.